The van der Waals surface area contributed by atoms with E-state index < -0.39 is 0 Å². The monoisotopic (exact) mass is 387 g/mol. The number of aromatic nitrogens is 5. The van der Waals surface area contributed by atoms with Crippen LogP contribution in [-0.4, -0.2) is 24.3 Å². The van der Waals surface area contributed by atoms with Crippen molar-refractivity contribution in [3.63, 3.8) is 0 Å². The van der Waals surface area contributed by atoms with Gasteiger partial charge >= 0.3 is 0 Å². The fraction of sp³-hybridized carbons (Fsp3) is 0.136. The standard InChI is InChI=1S/C22H18ClN5/c1-14-2-4-15(5-3-14)22-19(28-11-9-16(23)12-21(28)27-22)6-7-20-25-17-8-10-24-13-18(17)26-20/h2-5,8-13H,6-7H2,1H3,(H,25,26). The van der Waals surface area contributed by atoms with Crippen LogP contribution < -0.4 is 0 Å². The first kappa shape index (κ1) is 17.0. The van der Waals surface area contributed by atoms with E-state index in [-0.39, 0.29) is 0 Å². The Kier molecular flexibility index (Phi) is 4.10. The van der Waals surface area contributed by atoms with E-state index in [0.717, 1.165) is 52.3 Å². The van der Waals surface area contributed by atoms with Gasteiger partial charge in [0, 0.05) is 35.5 Å². The van der Waals surface area contributed by atoms with E-state index >= 15 is 0 Å². The number of hydrogen-bond acceptors (Lipinski definition) is 3. The average Bonchev–Trinajstić information content (AvgIpc) is 3.27. The number of aromatic amines is 1. The lowest BCUT2D eigenvalue weighted by Gasteiger charge is -2.05. The van der Waals surface area contributed by atoms with Crippen LogP contribution in [0.4, 0.5) is 0 Å². The molecule has 0 saturated heterocycles. The molecule has 0 spiro atoms. The zero-order chi connectivity index (χ0) is 19.1. The fourth-order valence-electron chi connectivity index (χ4n) is 3.52. The number of rotatable bonds is 4. The van der Waals surface area contributed by atoms with E-state index in [1.54, 1.807) is 12.4 Å². The second-order valence-corrected chi connectivity index (χ2v) is 7.36. The predicted molar refractivity (Wildman–Crippen MR) is 112 cm³/mol. The number of nitrogens with zero attached hydrogens (tertiary/aromatic N) is 4. The van der Waals surface area contributed by atoms with Crippen LogP contribution in [0.25, 0.3) is 27.9 Å². The van der Waals surface area contributed by atoms with Crippen molar-refractivity contribution in [1.29, 1.82) is 0 Å². The zero-order valence-electron chi connectivity index (χ0n) is 15.4. The second-order valence-electron chi connectivity index (χ2n) is 6.92. The van der Waals surface area contributed by atoms with Gasteiger partial charge in [-0.3, -0.25) is 4.98 Å². The molecule has 0 amide bonds. The summed E-state index contributed by atoms with van der Waals surface area (Å²) in [6, 6.07) is 14.2. The summed E-state index contributed by atoms with van der Waals surface area (Å²) in [5.41, 5.74) is 7.22. The number of nitrogens with one attached hydrogen (secondary N) is 1. The molecule has 6 heteroatoms. The maximum Gasteiger partial charge on any atom is 0.139 e. The minimum absolute atomic E-state index is 0.685. The summed E-state index contributed by atoms with van der Waals surface area (Å²) in [4.78, 5) is 17.0. The summed E-state index contributed by atoms with van der Waals surface area (Å²) in [6.07, 6.45) is 7.14. The Morgan fingerprint density at radius 1 is 1.04 bits per heavy atom. The highest BCUT2D eigenvalue weighted by molar-refractivity contribution is 6.30. The fourth-order valence-corrected chi connectivity index (χ4v) is 3.67. The lowest BCUT2D eigenvalue weighted by atomic mass is 10.1. The van der Waals surface area contributed by atoms with Crippen molar-refractivity contribution in [2.75, 3.05) is 0 Å². The Morgan fingerprint density at radius 2 is 1.89 bits per heavy atom. The number of halogens is 1. The van der Waals surface area contributed by atoms with Gasteiger partial charge in [-0.1, -0.05) is 41.4 Å². The molecule has 0 unspecified atom stereocenters. The van der Waals surface area contributed by atoms with E-state index in [4.69, 9.17) is 16.6 Å². The summed E-state index contributed by atoms with van der Waals surface area (Å²) >= 11 is 6.19. The van der Waals surface area contributed by atoms with E-state index in [1.165, 1.54) is 5.56 Å². The lowest BCUT2D eigenvalue weighted by Crippen LogP contribution is -1.99. The van der Waals surface area contributed by atoms with Crippen LogP contribution in [-0.2, 0) is 12.8 Å². The van der Waals surface area contributed by atoms with E-state index in [0.29, 0.717) is 5.02 Å². The molecule has 0 radical (unpaired) electrons. The Balaban J connectivity index is 1.56. The van der Waals surface area contributed by atoms with Crippen molar-refractivity contribution in [2.24, 2.45) is 0 Å². The highest BCUT2D eigenvalue weighted by Gasteiger charge is 2.15. The van der Waals surface area contributed by atoms with Crippen LogP contribution in [0.1, 0.15) is 17.1 Å². The SMILES string of the molecule is Cc1ccc(-c2nc3cc(Cl)ccn3c2CCc2nc3ccncc3[nH]2)cc1. The van der Waals surface area contributed by atoms with Crippen molar-refractivity contribution in [1.82, 2.24) is 24.3 Å². The van der Waals surface area contributed by atoms with Crippen molar-refractivity contribution >= 4 is 28.3 Å². The number of imidazole rings is 2. The first-order valence-electron chi connectivity index (χ1n) is 9.19. The third-order valence-electron chi connectivity index (χ3n) is 4.94. The number of hydrogen-bond donors (Lipinski definition) is 1. The Hall–Kier alpha value is -3.18. The van der Waals surface area contributed by atoms with Crippen LogP contribution in [0.2, 0.25) is 5.02 Å². The van der Waals surface area contributed by atoms with Gasteiger partial charge in [-0.05, 0) is 25.5 Å². The van der Waals surface area contributed by atoms with Crippen LogP contribution in [0.15, 0.2) is 61.1 Å². The molecule has 0 saturated carbocycles. The second kappa shape index (κ2) is 6.77. The molecule has 5 rings (SSSR count). The maximum absolute atomic E-state index is 6.19. The molecule has 138 valence electrons. The topological polar surface area (TPSA) is 58.9 Å². The molecular weight excluding hydrogens is 370 g/mol. The number of aryl methyl sites for hydroxylation is 3. The molecule has 0 fully saturated rings. The Labute approximate surface area is 167 Å². The predicted octanol–water partition coefficient (Wildman–Crippen LogP) is 5.02. The third kappa shape index (κ3) is 3.04. The van der Waals surface area contributed by atoms with Gasteiger partial charge in [0.1, 0.15) is 11.5 Å². The van der Waals surface area contributed by atoms with Gasteiger partial charge in [-0.15, -0.1) is 0 Å². The molecule has 0 atom stereocenters. The summed E-state index contributed by atoms with van der Waals surface area (Å²) in [5.74, 6) is 0.946. The molecule has 4 aromatic heterocycles. The van der Waals surface area contributed by atoms with E-state index in [2.05, 4.69) is 50.5 Å². The minimum atomic E-state index is 0.685. The van der Waals surface area contributed by atoms with Gasteiger partial charge in [0.15, 0.2) is 0 Å². The lowest BCUT2D eigenvalue weighted by molar-refractivity contribution is 0.851. The molecule has 0 aliphatic rings. The number of fused-ring (bicyclic) bond motifs is 2. The molecule has 1 aromatic carbocycles. The maximum atomic E-state index is 6.19. The summed E-state index contributed by atoms with van der Waals surface area (Å²) < 4.78 is 2.12. The zero-order valence-corrected chi connectivity index (χ0v) is 16.1. The van der Waals surface area contributed by atoms with Crippen molar-refractivity contribution in [2.45, 2.75) is 19.8 Å². The smallest absolute Gasteiger partial charge is 0.139 e. The van der Waals surface area contributed by atoms with Gasteiger partial charge < -0.3 is 9.38 Å². The molecule has 5 nitrogen and oxygen atoms in total. The molecule has 0 bridgehead atoms. The molecule has 0 aliphatic heterocycles. The average molecular weight is 388 g/mol. The highest BCUT2D eigenvalue weighted by Crippen LogP contribution is 2.27. The summed E-state index contributed by atoms with van der Waals surface area (Å²) in [7, 11) is 0. The summed E-state index contributed by atoms with van der Waals surface area (Å²) in [5, 5.41) is 0.685. The number of H-pyrrole nitrogens is 1. The van der Waals surface area contributed by atoms with Crippen molar-refractivity contribution < 1.29 is 0 Å². The molecule has 0 aliphatic carbocycles. The largest absolute Gasteiger partial charge is 0.341 e. The molecule has 5 aromatic rings. The van der Waals surface area contributed by atoms with E-state index in [9.17, 15) is 0 Å². The highest BCUT2D eigenvalue weighted by atomic mass is 35.5. The quantitative estimate of drug-likeness (QED) is 0.471. The van der Waals surface area contributed by atoms with Gasteiger partial charge in [0.05, 0.1) is 28.6 Å². The Morgan fingerprint density at radius 3 is 2.71 bits per heavy atom. The van der Waals surface area contributed by atoms with Gasteiger partial charge in [0.2, 0.25) is 0 Å². The first-order chi connectivity index (χ1) is 13.7. The normalized spacial score (nSPS) is 11.5. The van der Waals surface area contributed by atoms with E-state index in [1.807, 2.05) is 24.4 Å². The minimum Gasteiger partial charge on any atom is -0.341 e. The third-order valence-corrected chi connectivity index (χ3v) is 5.18. The first-order valence-corrected chi connectivity index (χ1v) is 9.57. The van der Waals surface area contributed by atoms with Crippen molar-refractivity contribution in [3.8, 4) is 11.3 Å². The number of pyridine rings is 2. The Bertz CT molecular complexity index is 1250. The molecule has 28 heavy (non-hydrogen) atoms. The molecular formula is C22H18ClN5. The van der Waals surface area contributed by atoms with Crippen molar-refractivity contribution in [3.05, 3.63) is 83.2 Å². The van der Waals surface area contributed by atoms with Crippen LogP contribution in [0, 0.1) is 6.92 Å². The molecule has 4 heterocycles. The van der Waals surface area contributed by atoms with Gasteiger partial charge in [-0.2, -0.15) is 0 Å². The molecule has 1 N–H and O–H groups in total. The number of benzene rings is 1. The summed E-state index contributed by atoms with van der Waals surface area (Å²) in [6.45, 7) is 2.09. The van der Waals surface area contributed by atoms with Crippen LogP contribution in [0.5, 0.6) is 0 Å². The van der Waals surface area contributed by atoms with Crippen LogP contribution >= 0.6 is 11.6 Å². The van der Waals surface area contributed by atoms with Gasteiger partial charge in [-0.25, -0.2) is 9.97 Å². The van der Waals surface area contributed by atoms with Gasteiger partial charge in [0.25, 0.3) is 0 Å². The van der Waals surface area contributed by atoms with Crippen LogP contribution in [0.3, 0.4) is 0 Å².